The fraction of sp³-hybridized carbons (Fsp3) is 0.318. The zero-order valence-corrected chi connectivity index (χ0v) is 14.9. The van der Waals surface area contributed by atoms with Gasteiger partial charge < -0.3 is 14.7 Å². The lowest BCUT2D eigenvalue weighted by Gasteiger charge is -2.30. The van der Waals surface area contributed by atoms with Crippen LogP contribution in [0.25, 0.3) is 0 Å². The smallest absolute Gasteiger partial charge is 0.356 e. The molecule has 1 saturated heterocycles. The molecule has 2 aromatic carbocycles. The van der Waals surface area contributed by atoms with E-state index in [4.69, 9.17) is 4.74 Å². The van der Waals surface area contributed by atoms with Crippen LogP contribution in [-0.4, -0.2) is 42.2 Å². The highest BCUT2D eigenvalue weighted by molar-refractivity contribution is 5.85. The van der Waals surface area contributed by atoms with Gasteiger partial charge in [-0.2, -0.15) is 0 Å². The van der Waals surface area contributed by atoms with E-state index in [0.717, 1.165) is 31.5 Å². The summed E-state index contributed by atoms with van der Waals surface area (Å²) in [5.74, 6) is 4.94. The number of carbonyl (C=O) groups is 1. The van der Waals surface area contributed by atoms with Crippen molar-refractivity contribution in [3.8, 4) is 11.8 Å². The van der Waals surface area contributed by atoms with Crippen molar-refractivity contribution in [1.82, 2.24) is 4.90 Å². The number of piperidine rings is 1. The second-order valence-electron chi connectivity index (χ2n) is 6.60. The molecule has 2 aromatic rings. The van der Waals surface area contributed by atoms with Crippen LogP contribution < -0.4 is 0 Å². The normalized spacial score (nSPS) is 17.6. The first-order valence-electron chi connectivity index (χ1n) is 8.84. The number of nitrogens with zero attached hydrogens (tertiary/aromatic N) is 1. The summed E-state index contributed by atoms with van der Waals surface area (Å²) >= 11 is 0. The molecule has 0 bridgehead atoms. The number of hydrogen-bond acceptors (Lipinski definition) is 4. The highest BCUT2D eigenvalue weighted by Crippen LogP contribution is 2.25. The number of hydrogen-bond donors (Lipinski definition) is 1. The van der Waals surface area contributed by atoms with Crippen molar-refractivity contribution in [1.29, 1.82) is 0 Å². The molecule has 1 heterocycles. The van der Waals surface area contributed by atoms with Crippen molar-refractivity contribution in [2.45, 2.75) is 24.5 Å². The molecule has 0 aliphatic carbocycles. The van der Waals surface area contributed by atoms with E-state index >= 15 is 0 Å². The number of carbonyl (C=O) groups excluding carboxylic acids is 1. The van der Waals surface area contributed by atoms with E-state index in [1.807, 2.05) is 43.4 Å². The summed E-state index contributed by atoms with van der Waals surface area (Å²) in [6.45, 7) is 1.74. The average molecular weight is 349 g/mol. The highest BCUT2D eigenvalue weighted by Gasteiger charge is 2.39. The molecule has 4 heteroatoms. The van der Waals surface area contributed by atoms with Crippen molar-refractivity contribution in [3.05, 3.63) is 71.8 Å². The van der Waals surface area contributed by atoms with Crippen LogP contribution in [0, 0.1) is 11.8 Å². The van der Waals surface area contributed by atoms with E-state index < -0.39 is 11.6 Å². The first-order chi connectivity index (χ1) is 12.6. The molecule has 1 aliphatic heterocycles. The van der Waals surface area contributed by atoms with Crippen molar-refractivity contribution in [2.24, 2.45) is 0 Å². The van der Waals surface area contributed by atoms with Crippen molar-refractivity contribution < 1.29 is 14.6 Å². The molecule has 134 valence electrons. The van der Waals surface area contributed by atoms with Gasteiger partial charge in [0.1, 0.15) is 6.10 Å². The Balaban J connectivity index is 1.86. The van der Waals surface area contributed by atoms with Gasteiger partial charge in [0.25, 0.3) is 5.60 Å². The van der Waals surface area contributed by atoms with Gasteiger partial charge in [0.2, 0.25) is 0 Å². The fourth-order valence-corrected chi connectivity index (χ4v) is 2.94. The van der Waals surface area contributed by atoms with E-state index in [1.54, 1.807) is 24.3 Å². The van der Waals surface area contributed by atoms with Gasteiger partial charge in [0.05, 0.1) is 0 Å². The molecule has 1 aliphatic rings. The molecule has 3 rings (SSSR count). The number of rotatable bonds is 3. The first kappa shape index (κ1) is 18.2. The predicted octanol–water partition coefficient (Wildman–Crippen LogP) is 2.56. The third-order valence-corrected chi connectivity index (χ3v) is 4.59. The van der Waals surface area contributed by atoms with Gasteiger partial charge in [-0.1, -0.05) is 54.5 Å². The van der Waals surface area contributed by atoms with Gasteiger partial charge >= 0.3 is 5.97 Å². The summed E-state index contributed by atoms with van der Waals surface area (Å²) in [5, 5.41) is 11.1. The van der Waals surface area contributed by atoms with Crippen molar-refractivity contribution in [2.75, 3.05) is 20.1 Å². The minimum absolute atomic E-state index is 0.188. The van der Waals surface area contributed by atoms with Crippen LogP contribution in [0.5, 0.6) is 0 Å². The van der Waals surface area contributed by atoms with Crippen LogP contribution in [0.2, 0.25) is 0 Å². The van der Waals surface area contributed by atoms with Crippen LogP contribution in [0.1, 0.15) is 24.0 Å². The number of esters is 1. The van der Waals surface area contributed by atoms with Gasteiger partial charge in [-0.25, -0.2) is 4.79 Å². The third kappa shape index (κ3) is 4.32. The minimum atomic E-state index is -1.99. The van der Waals surface area contributed by atoms with E-state index in [2.05, 4.69) is 16.7 Å². The minimum Gasteiger partial charge on any atom is -0.459 e. The van der Waals surface area contributed by atoms with Gasteiger partial charge in [0, 0.05) is 24.2 Å². The lowest BCUT2D eigenvalue weighted by atomic mass is 9.93. The maximum Gasteiger partial charge on any atom is 0.356 e. The maximum absolute atomic E-state index is 12.8. The molecule has 1 atom stereocenters. The molecule has 0 aromatic heterocycles. The molecule has 0 saturated carbocycles. The molecule has 0 unspecified atom stereocenters. The van der Waals surface area contributed by atoms with Gasteiger partial charge in [-0.05, 0) is 37.9 Å². The SMILES string of the molecule is CN1CCC(OC(=O)[C@](O)(C#Cc2ccccc2)c2ccccc2)CC1. The van der Waals surface area contributed by atoms with E-state index in [1.165, 1.54) is 0 Å². The van der Waals surface area contributed by atoms with Gasteiger partial charge in [0.15, 0.2) is 0 Å². The Morgan fingerprint density at radius 2 is 1.65 bits per heavy atom. The largest absolute Gasteiger partial charge is 0.459 e. The highest BCUT2D eigenvalue weighted by atomic mass is 16.6. The summed E-state index contributed by atoms with van der Waals surface area (Å²) in [6.07, 6.45) is 1.34. The predicted molar refractivity (Wildman–Crippen MR) is 100 cm³/mol. The zero-order chi connectivity index (χ0) is 18.4. The first-order valence-corrected chi connectivity index (χ1v) is 8.84. The van der Waals surface area contributed by atoms with Crippen LogP contribution in [-0.2, 0) is 15.1 Å². The average Bonchev–Trinajstić information content (AvgIpc) is 2.69. The van der Waals surface area contributed by atoms with Crippen molar-refractivity contribution in [3.63, 3.8) is 0 Å². The maximum atomic E-state index is 12.8. The lowest BCUT2D eigenvalue weighted by molar-refractivity contribution is -0.168. The molecule has 1 N–H and O–H groups in total. The third-order valence-electron chi connectivity index (χ3n) is 4.59. The second-order valence-corrected chi connectivity index (χ2v) is 6.60. The van der Waals surface area contributed by atoms with Gasteiger partial charge in [-0.15, -0.1) is 0 Å². The topological polar surface area (TPSA) is 49.8 Å². The summed E-state index contributed by atoms with van der Waals surface area (Å²) in [4.78, 5) is 15.0. The van der Waals surface area contributed by atoms with E-state index in [9.17, 15) is 9.90 Å². The molecule has 1 fully saturated rings. The Kier molecular flexibility index (Phi) is 5.72. The second kappa shape index (κ2) is 8.18. The molecule has 0 radical (unpaired) electrons. The Morgan fingerprint density at radius 3 is 2.27 bits per heavy atom. The summed E-state index contributed by atoms with van der Waals surface area (Å²) in [5.41, 5.74) is -0.837. The summed E-state index contributed by atoms with van der Waals surface area (Å²) in [7, 11) is 2.05. The number of aliphatic hydroxyl groups is 1. The van der Waals surface area contributed by atoms with Gasteiger partial charge in [-0.3, -0.25) is 0 Å². The van der Waals surface area contributed by atoms with Crippen molar-refractivity contribution >= 4 is 5.97 Å². The van der Waals surface area contributed by atoms with Crippen LogP contribution >= 0.6 is 0 Å². The monoisotopic (exact) mass is 349 g/mol. The summed E-state index contributed by atoms with van der Waals surface area (Å²) in [6, 6.07) is 18.0. The van der Waals surface area contributed by atoms with E-state index in [-0.39, 0.29) is 6.10 Å². The summed E-state index contributed by atoms with van der Waals surface area (Å²) < 4.78 is 5.63. The number of likely N-dealkylation sites (tertiary alicyclic amines) is 1. The Morgan fingerprint density at radius 1 is 1.08 bits per heavy atom. The quantitative estimate of drug-likeness (QED) is 0.683. The molecular weight excluding hydrogens is 326 g/mol. The Bertz CT molecular complexity index is 786. The molecule has 26 heavy (non-hydrogen) atoms. The van der Waals surface area contributed by atoms with Crippen LogP contribution in [0.4, 0.5) is 0 Å². The fourth-order valence-electron chi connectivity index (χ4n) is 2.94. The standard InChI is InChI=1S/C22H23NO3/c1-23-16-13-20(14-17-23)26-21(24)22(25,19-10-6-3-7-11-19)15-12-18-8-4-2-5-9-18/h2-11,20,25H,13-14,16-17H2,1H3/t22-/m0/s1. The Hall–Kier alpha value is -2.61. The molecular formula is C22H23NO3. The molecule has 0 amide bonds. The number of ether oxygens (including phenoxy) is 1. The Labute approximate surface area is 154 Å². The lowest BCUT2D eigenvalue weighted by Crippen LogP contribution is -2.41. The molecule has 0 spiro atoms. The number of benzene rings is 2. The zero-order valence-electron chi connectivity index (χ0n) is 14.9. The van der Waals surface area contributed by atoms with E-state index in [0.29, 0.717) is 5.56 Å². The van der Waals surface area contributed by atoms with Crippen LogP contribution in [0.3, 0.4) is 0 Å². The molecule has 4 nitrogen and oxygen atoms in total. The van der Waals surface area contributed by atoms with Crippen LogP contribution in [0.15, 0.2) is 60.7 Å².